The highest BCUT2D eigenvalue weighted by molar-refractivity contribution is 5.95. The quantitative estimate of drug-likeness (QED) is 0.296. The zero-order valence-corrected chi connectivity index (χ0v) is 19.0. The van der Waals surface area contributed by atoms with Crippen LogP contribution in [0.25, 0.3) is 22.1 Å². The number of allylic oxidation sites excluding steroid dienone is 3. The number of aryl methyl sites for hydroxylation is 1. The fourth-order valence-electron chi connectivity index (χ4n) is 3.47. The van der Waals surface area contributed by atoms with Crippen molar-refractivity contribution >= 4 is 11.0 Å². The van der Waals surface area contributed by atoms with E-state index in [1.165, 1.54) is 17.2 Å². The Morgan fingerprint density at radius 1 is 1.03 bits per heavy atom. The molecular weight excluding hydrogens is 388 g/mol. The molecule has 1 aromatic heterocycles. The minimum atomic E-state index is -0.381. The van der Waals surface area contributed by atoms with E-state index in [2.05, 4.69) is 32.9 Å². The van der Waals surface area contributed by atoms with Gasteiger partial charge >= 0.3 is 5.63 Å². The monoisotopic (exact) mass is 418 g/mol. The van der Waals surface area contributed by atoms with Crippen LogP contribution < -0.4 is 15.1 Å². The van der Waals surface area contributed by atoms with Crippen LogP contribution in [-0.4, -0.2) is 13.7 Å². The maximum atomic E-state index is 12.3. The first-order valence-corrected chi connectivity index (χ1v) is 10.5. The van der Waals surface area contributed by atoms with Gasteiger partial charge in [-0.1, -0.05) is 29.4 Å². The van der Waals surface area contributed by atoms with Crippen molar-refractivity contribution in [3.63, 3.8) is 0 Å². The number of hydrogen-bond donors (Lipinski definition) is 0. The van der Waals surface area contributed by atoms with Crippen molar-refractivity contribution in [1.29, 1.82) is 0 Å². The molecule has 31 heavy (non-hydrogen) atoms. The minimum Gasteiger partial charge on any atom is -0.497 e. The molecule has 0 bridgehead atoms. The Morgan fingerprint density at radius 2 is 1.77 bits per heavy atom. The second-order valence-corrected chi connectivity index (χ2v) is 7.95. The van der Waals surface area contributed by atoms with Crippen LogP contribution in [0.3, 0.4) is 0 Å². The lowest BCUT2D eigenvalue weighted by Crippen LogP contribution is -2.02. The van der Waals surface area contributed by atoms with Crippen molar-refractivity contribution in [1.82, 2.24) is 0 Å². The highest BCUT2D eigenvalue weighted by atomic mass is 16.5. The lowest BCUT2D eigenvalue weighted by molar-refractivity contribution is 0.358. The second kappa shape index (κ2) is 10.2. The van der Waals surface area contributed by atoms with Crippen molar-refractivity contribution < 1.29 is 13.9 Å². The van der Waals surface area contributed by atoms with Crippen LogP contribution in [-0.2, 0) is 0 Å². The minimum absolute atomic E-state index is 0.381. The normalized spacial score (nSPS) is 11.5. The predicted molar refractivity (Wildman–Crippen MR) is 127 cm³/mol. The van der Waals surface area contributed by atoms with Crippen molar-refractivity contribution in [3.8, 4) is 22.6 Å². The summed E-state index contributed by atoms with van der Waals surface area (Å²) in [7, 11) is 1.63. The number of ether oxygens (including phenoxy) is 2. The van der Waals surface area contributed by atoms with Crippen LogP contribution in [0, 0.1) is 6.92 Å². The Bertz CT molecular complexity index is 1160. The summed E-state index contributed by atoms with van der Waals surface area (Å²) in [5.41, 5.74) is 5.39. The van der Waals surface area contributed by atoms with Gasteiger partial charge in [0.25, 0.3) is 0 Å². The van der Waals surface area contributed by atoms with Gasteiger partial charge in [-0.05, 0) is 82.0 Å². The first kappa shape index (κ1) is 22.4. The lowest BCUT2D eigenvalue weighted by Gasteiger charge is -2.12. The first-order chi connectivity index (χ1) is 14.9. The van der Waals surface area contributed by atoms with Gasteiger partial charge in [0.2, 0.25) is 0 Å². The summed E-state index contributed by atoms with van der Waals surface area (Å²) >= 11 is 0. The summed E-state index contributed by atoms with van der Waals surface area (Å²) in [5, 5.41) is 0.878. The smallest absolute Gasteiger partial charge is 0.336 e. The van der Waals surface area contributed by atoms with Gasteiger partial charge in [0, 0.05) is 17.0 Å². The lowest BCUT2D eigenvalue weighted by atomic mass is 10.00. The maximum Gasteiger partial charge on any atom is 0.336 e. The summed E-state index contributed by atoms with van der Waals surface area (Å²) in [6, 6.07) is 13.1. The molecule has 3 rings (SSSR count). The maximum absolute atomic E-state index is 12.3. The van der Waals surface area contributed by atoms with Gasteiger partial charge in [0.05, 0.1) is 7.11 Å². The van der Waals surface area contributed by atoms with E-state index in [-0.39, 0.29) is 5.63 Å². The molecule has 1 heterocycles. The average Bonchev–Trinajstić information content (AvgIpc) is 2.75. The van der Waals surface area contributed by atoms with E-state index in [1.807, 2.05) is 43.3 Å². The predicted octanol–water partition coefficient (Wildman–Crippen LogP) is 6.85. The van der Waals surface area contributed by atoms with Crippen LogP contribution in [0.4, 0.5) is 0 Å². The molecule has 0 saturated carbocycles. The molecule has 3 aromatic rings. The molecule has 0 spiro atoms. The fourth-order valence-corrected chi connectivity index (χ4v) is 3.47. The fraction of sp³-hybridized carbons (Fsp3) is 0.296. The Morgan fingerprint density at radius 3 is 2.45 bits per heavy atom. The Labute approximate surface area is 183 Å². The molecule has 0 aliphatic carbocycles. The Balaban J connectivity index is 1.85. The van der Waals surface area contributed by atoms with Gasteiger partial charge in [-0.2, -0.15) is 0 Å². The van der Waals surface area contributed by atoms with Crippen LogP contribution >= 0.6 is 0 Å². The topological polar surface area (TPSA) is 48.7 Å². The summed E-state index contributed by atoms with van der Waals surface area (Å²) in [6.07, 6.45) is 6.41. The molecule has 0 amide bonds. The van der Waals surface area contributed by atoms with Crippen molar-refractivity contribution in [2.75, 3.05) is 13.7 Å². The molecule has 162 valence electrons. The van der Waals surface area contributed by atoms with Gasteiger partial charge in [0.1, 0.15) is 23.7 Å². The first-order valence-electron chi connectivity index (χ1n) is 10.5. The van der Waals surface area contributed by atoms with Gasteiger partial charge in [-0.3, -0.25) is 0 Å². The van der Waals surface area contributed by atoms with Crippen LogP contribution in [0.1, 0.15) is 39.2 Å². The molecule has 0 aliphatic rings. The van der Waals surface area contributed by atoms with Crippen molar-refractivity contribution in [3.05, 3.63) is 81.7 Å². The summed E-state index contributed by atoms with van der Waals surface area (Å²) in [4.78, 5) is 12.3. The zero-order chi connectivity index (χ0) is 22.4. The SMILES string of the molecule is COc1ccc(-c2cc(=O)oc3c(C)c(OC/C=C(\C)CCC=C(C)C)ccc23)cc1. The molecule has 0 unspecified atom stereocenters. The number of rotatable bonds is 8. The molecule has 0 atom stereocenters. The number of benzene rings is 2. The molecule has 0 radical (unpaired) electrons. The van der Waals surface area contributed by atoms with E-state index in [1.54, 1.807) is 7.11 Å². The van der Waals surface area contributed by atoms with Gasteiger partial charge in [-0.25, -0.2) is 4.79 Å². The molecular formula is C27H30O4. The van der Waals surface area contributed by atoms with Crippen molar-refractivity contribution in [2.24, 2.45) is 0 Å². The Kier molecular flexibility index (Phi) is 7.35. The summed E-state index contributed by atoms with van der Waals surface area (Å²) in [5.74, 6) is 1.49. The number of methoxy groups -OCH3 is 1. The molecule has 0 aliphatic heterocycles. The summed E-state index contributed by atoms with van der Waals surface area (Å²) < 4.78 is 16.8. The standard InChI is InChI=1S/C27H30O4/c1-18(2)7-6-8-19(3)15-16-30-25-14-13-23-24(17-26(28)31-27(23)20(25)4)21-9-11-22(29-5)12-10-21/h7,9-15,17H,6,8,16H2,1-5H3/b19-15+. The van der Waals surface area contributed by atoms with Gasteiger partial charge in [0.15, 0.2) is 0 Å². The average molecular weight is 419 g/mol. The number of fused-ring (bicyclic) bond motifs is 1. The third-order valence-corrected chi connectivity index (χ3v) is 5.27. The zero-order valence-electron chi connectivity index (χ0n) is 19.0. The molecule has 0 saturated heterocycles. The third-order valence-electron chi connectivity index (χ3n) is 5.27. The molecule has 4 heteroatoms. The molecule has 0 N–H and O–H groups in total. The van der Waals surface area contributed by atoms with E-state index in [9.17, 15) is 4.79 Å². The number of hydrogen-bond acceptors (Lipinski definition) is 4. The largest absolute Gasteiger partial charge is 0.497 e. The molecule has 4 nitrogen and oxygen atoms in total. The van der Waals surface area contributed by atoms with E-state index >= 15 is 0 Å². The highest BCUT2D eigenvalue weighted by Gasteiger charge is 2.13. The van der Waals surface area contributed by atoms with Gasteiger partial charge < -0.3 is 13.9 Å². The van der Waals surface area contributed by atoms with Crippen LogP contribution in [0.15, 0.2) is 75.0 Å². The summed E-state index contributed by atoms with van der Waals surface area (Å²) in [6.45, 7) is 8.75. The van der Waals surface area contributed by atoms with E-state index < -0.39 is 0 Å². The van der Waals surface area contributed by atoms with Crippen LogP contribution in [0.5, 0.6) is 11.5 Å². The van der Waals surface area contributed by atoms with E-state index in [0.29, 0.717) is 12.2 Å². The highest BCUT2D eigenvalue weighted by Crippen LogP contribution is 2.33. The molecule has 2 aromatic carbocycles. The Hall–Kier alpha value is -3.27. The van der Waals surface area contributed by atoms with Crippen molar-refractivity contribution in [2.45, 2.75) is 40.5 Å². The second-order valence-electron chi connectivity index (χ2n) is 7.95. The van der Waals surface area contributed by atoms with E-state index in [0.717, 1.165) is 46.4 Å². The molecule has 0 fully saturated rings. The van der Waals surface area contributed by atoms with Gasteiger partial charge in [-0.15, -0.1) is 0 Å². The van der Waals surface area contributed by atoms with E-state index in [4.69, 9.17) is 13.9 Å². The third kappa shape index (κ3) is 5.66. The van der Waals surface area contributed by atoms with Crippen LogP contribution in [0.2, 0.25) is 0 Å².